The Balaban J connectivity index is 1.91. The van der Waals surface area contributed by atoms with Crippen LogP contribution in [0, 0.1) is 12.7 Å². The van der Waals surface area contributed by atoms with Gasteiger partial charge in [0.15, 0.2) is 0 Å². The summed E-state index contributed by atoms with van der Waals surface area (Å²) >= 11 is 0. The third-order valence-corrected chi connectivity index (χ3v) is 4.29. The topological polar surface area (TPSA) is 56.6 Å². The molecule has 1 aromatic carbocycles. The number of likely N-dealkylation sites (N-methyl/N-ethyl adjacent to an activating group) is 1. The van der Waals surface area contributed by atoms with Crippen LogP contribution in [-0.2, 0) is 0 Å². The van der Waals surface area contributed by atoms with Crippen molar-refractivity contribution in [3.8, 4) is 5.69 Å². The van der Waals surface area contributed by atoms with Crippen LogP contribution < -0.4 is 5.56 Å². The molecule has 6 nitrogen and oxygen atoms in total. The van der Waals surface area contributed by atoms with Crippen LogP contribution in [0.5, 0.6) is 0 Å². The molecular formula is C17H22FN5O. The van der Waals surface area contributed by atoms with Gasteiger partial charge in [-0.25, -0.2) is 9.07 Å². The maximum Gasteiger partial charge on any atom is 0.280 e. The number of halogens is 1. The molecule has 0 spiro atoms. The number of aromatic nitrogens is 2. The number of hydrazone groups is 1. The Bertz CT molecular complexity index is 797. The van der Waals surface area contributed by atoms with Crippen molar-refractivity contribution in [2.45, 2.75) is 13.8 Å². The number of hydrogen-bond acceptors (Lipinski definition) is 4. The van der Waals surface area contributed by atoms with Gasteiger partial charge < -0.3 is 4.90 Å². The SMILES string of the molecule is C/C(=N\N1CCN(C)CC1)c1c(C)[nH]n(-c2ccc(F)cc2)c1=O. The van der Waals surface area contributed by atoms with Crippen molar-refractivity contribution in [2.75, 3.05) is 33.2 Å². The fourth-order valence-corrected chi connectivity index (χ4v) is 2.90. The number of hydrogen-bond donors (Lipinski definition) is 1. The minimum Gasteiger partial charge on any atom is -0.303 e. The molecule has 7 heteroatoms. The van der Waals surface area contributed by atoms with Crippen LogP contribution in [0.15, 0.2) is 34.2 Å². The maximum atomic E-state index is 13.1. The van der Waals surface area contributed by atoms with Crippen molar-refractivity contribution in [1.29, 1.82) is 0 Å². The van der Waals surface area contributed by atoms with E-state index in [0.717, 1.165) is 31.9 Å². The molecule has 1 aliphatic heterocycles. The summed E-state index contributed by atoms with van der Waals surface area (Å²) in [5, 5.41) is 9.66. The molecule has 128 valence electrons. The van der Waals surface area contributed by atoms with Gasteiger partial charge >= 0.3 is 0 Å². The lowest BCUT2D eigenvalue weighted by molar-refractivity contribution is 0.159. The molecule has 1 N–H and O–H groups in total. The van der Waals surface area contributed by atoms with E-state index in [1.54, 1.807) is 12.1 Å². The fourth-order valence-electron chi connectivity index (χ4n) is 2.90. The van der Waals surface area contributed by atoms with Gasteiger partial charge in [-0.1, -0.05) is 0 Å². The Morgan fingerprint density at radius 3 is 2.42 bits per heavy atom. The second-order valence-electron chi connectivity index (χ2n) is 6.17. The van der Waals surface area contributed by atoms with Gasteiger partial charge in [0, 0.05) is 31.9 Å². The summed E-state index contributed by atoms with van der Waals surface area (Å²) in [6.45, 7) is 7.32. The van der Waals surface area contributed by atoms with Crippen molar-refractivity contribution in [3.63, 3.8) is 0 Å². The van der Waals surface area contributed by atoms with E-state index >= 15 is 0 Å². The molecule has 0 aliphatic carbocycles. The van der Waals surface area contributed by atoms with Gasteiger partial charge in [0.05, 0.1) is 17.0 Å². The van der Waals surface area contributed by atoms with Gasteiger partial charge in [0.2, 0.25) is 0 Å². The zero-order valence-corrected chi connectivity index (χ0v) is 14.2. The van der Waals surface area contributed by atoms with E-state index in [1.807, 2.05) is 18.9 Å². The molecule has 0 bridgehead atoms. The smallest absolute Gasteiger partial charge is 0.280 e. The van der Waals surface area contributed by atoms with Crippen LogP contribution in [-0.4, -0.2) is 58.6 Å². The van der Waals surface area contributed by atoms with E-state index in [0.29, 0.717) is 17.0 Å². The molecule has 1 fully saturated rings. The van der Waals surface area contributed by atoms with E-state index in [1.165, 1.54) is 16.8 Å². The number of H-pyrrole nitrogens is 1. The van der Waals surface area contributed by atoms with Gasteiger partial charge in [-0.05, 0) is 45.2 Å². The van der Waals surface area contributed by atoms with E-state index in [-0.39, 0.29) is 11.4 Å². The largest absolute Gasteiger partial charge is 0.303 e. The van der Waals surface area contributed by atoms with Crippen LogP contribution in [0.2, 0.25) is 0 Å². The van der Waals surface area contributed by atoms with Crippen LogP contribution >= 0.6 is 0 Å². The first-order valence-corrected chi connectivity index (χ1v) is 8.02. The highest BCUT2D eigenvalue weighted by molar-refractivity contribution is 5.99. The first kappa shape index (κ1) is 16.4. The minimum absolute atomic E-state index is 0.172. The normalized spacial score (nSPS) is 16.7. The standard InChI is InChI=1S/C17H22FN5O/c1-12(19-22-10-8-21(3)9-11-22)16-13(2)20-23(17(16)24)15-6-4-14(18)5-7-15/h4-7,20H,8-11H2,1-3H3/b19-12+. The molecule has 0 radical (unpaired) electrons. The van der Waals surface area contributed by atoms with Gasteiger partial charge in [-0.3, -0.25) is 14.9 Å². The van der Waals surface area contributed by atoms with Crippen LogP contribution in [0.25, 0.3) is 5.69 Å². The molecule has 0 saturated carbocycles. The van der Waals surface area contributed by atoms with E-state index < -0.39 is 0 Å². The summed E-state index contributed by atoms with van der Waals surface area (Å²) in [5.74, 6) is -0.330. The second-order valence-corrected chi connectivity index (χ2v) is 6.17. The van der Waals surface area contributed by atoms with E-state index in [4.69, 9.17) is 0 Å². The molecule has 3 rings (SSSR count). The third-order valence-electron chi connectivity index (χ3n) is 4.29. The summed E-state index contributed by atoms with van der Waals surface area (Å²) in [6.07, 6.45) is 0. The van der Waals surface area contributed by atoms with Crippen molar-refractivity contribution >= 4 is 5.71 Å². The monoisotopic (exact) mass is 331 g/mol. The van der Waals surface area contributed by atoms with Crippen LogP contribution in [0.1, 0.15) is 18.2 Å². The van der Waals surface area contributed by atoms with Crippen LogP contribution in [0.3, 0.4) is 0 Å². The summed E-state index contributed by atoms with van der Waals surface area (Å²) in [5.41, 5.74) is 2.44. The Morgan fingerprint density at radius 1 is 1.17 bits per heavy atom. The van der Waals surface area contributed by atoms with Crippen molar-refractivity contribution < 1.29 is 4.39 Å². The molecule has 0 unspecified atom stereocenters. The Kier molecular flexibility index (Phi) is 4.53. The second kappa shape index (κ2) is 6.60. The van der Waals surface area contributed by atoms with E-state index in [9.17, 15) is 9.18 Å². The number of rotatable bonds is 3. The predicted molar refractivity (Wildman–Crippen MR) is 92.4 cm³/mol. The van der Waals surface area contributed by atoms with Gasteiger partial charge in [0.25, 0.3) is 5.56 Å². The number of nitrogens with one attached hydrogen (secondary N) is 1. The lowest BCUT2D eigenvalue weighted by atomic mass is 10.2. The summed E-state index contributed by atoms with van der Waals surface area (Å²) in [6, 6.07) is 5.82. The minimum atomic E-state index is -0.330. The Hall–Kier alpha value is -2.41. The summed E-state index contributed by atoms with van der Waals surface area (Å²) < 4.78 is 14.5. The zero-order valence-electron chi connectivity index (χ0n) is 14.2. The predicted octanol–water partition coefficient (Wildman–Crippen LogP) is 1.58. The van der Waals surface area contributed by atoms with Crippen molar-refractivity contribution in [1.82, 2.24) is 19.7 Å². The number of piperazine rings is 1. The molecular weight excluding hydrogens is 309 g/mol. The van der Waals surface area contributed by atoms with Crippen molar-refractivity contribution in [2.24, 2.45) is 5.10 Å². The van der Waals surface area contributed by atoms with Crippen molar-refractivity contribution in [3.05, 3.63) is 51.7 Å². The first-order chi connectivity index (χ1) is 11.5. The average Bonchev–Trinajstić information content (AvgIpc) is 2.85. The number of aryl methyl sites for hydroxylation is 1. The van der Waals surface area contributed by atoms with E-state index in [2.05, 4.69) is 22.1 Å². The highest BCUT2D eigenvalue weighted by atomic mass is 19.1. The lowest BCUT2D eigenvalue weighted by Crippen LogP contribution is -2.42. The highest BCUT2D eigenvalue weighted by Crippen LogP contribution is 2.10. The summed E-state index contributed by atoms with van der Waals surface area (Å²) in [7, 11) is 2.09. The van der Waals surface area contributed by atoms with Gasteiger partial charge in [-0.2, -0.15) is 5.10 Å². The molecule has 0 atom stereocenters. The summed E-state index contributed by atoms with van der Waals surface area (Å²) in [4.78, 5) is 15.0. The average molecular weight is 331 g/mol. The molecule has 0 amide bonds. The number of aromatic amines is 1. The van der Waals surface area contributed by atoms with Gasteiger partial charge in [0.1, 0.15) is 5.82 Å². The highest BCUT2D eigenvalue weighted by Gasteiger charge is 2.17. The third kappa shape index (κ3) is 3.26. The quantitative estimate of drug-likeness (QED) is 0.869. The molecule has 2 aromatic rings. The number of nitrogens with zero attached hydrogens (tertiary/aromatic N) is 4. The zero-order chi connectivity index (χ0) is 17.3. The lowest BCUT2D eigenvalue weighted by Gasteiger charge is -2.30. The Morgan fingerprint density at radius 2 is 1.79 bits per heavy atom. The first-order valence-electron chi connectivity index (χ1n) is 8.02. The molecule has 24 heavy (non-hydrogen) atoms. The van der Waals surface area contributed by atoms with Gasteiger partial charge in [-0.15, -0.1) is 0 Å². The maximum absolute atomic E-state index is 13.1. The number of benzene rings is 1. The Labute approximate surface area is 140 Å². The molecule has 1 aromatic heterocycles. The molecule has 1 saturated heterocycles. The van der Waals surface area contributed by atoms with Crippen LogP contribution in [0.4, 0.5) is 4.39 Å². The fraction of sp³-hybridized carbons (Fsp3) is 0.412. The molecule has 2 heterocycles. The molecule has 1 aliphatic rings.